The van der Waals surface area contributed by atoms with Crippen LogP contribution >= 0.6 is 0 Å². The van der Waals surface area contributed by atoms with Crippen molar-refractivity contribution in [1.82, 2.24) is 9.62 Å². The van der Waals surface area contributed by atoms with E-state index in [1.54, 1.807) is 18.9 Å². The average Bonchev–Trinajstić information content (AvgIpc) is 2.65. The summed E-state index contributed by atoms with van der Waals surface area (Å²) in [5, 5.41) is 0. The van der Waals surface area contributed by atoms with Gasteiger partial charge < -0.3 is 0 Å². The van der Waals surface area contributed by atoms with E-state index in [9.17, 15) is 0 Å². The van der Waals surface area contributed by atoms with Crippen molar-refractivity contribution in [2.24, 2.45) is 0 Å². The van der Waals surface area contributed by atoms with Gasteiger partial charge in [0.1, 0.15) is 0 Å². The van der Waals surface area contributed by atoms with Crippen molar-refractivity contribution in [2.75, 3.05) is 28.2 Å². The van der Waals surface area contributed by atoms with E-state index in [2.05, 4.69) is 64.7 Å². The predicted octanol–water partition coefficient (Wildman–Crippen LogP) is 6.93. The monoisotopic (exact) mass is 484 g/mol. The van der Waals surface area contributed by atoms with Crippen LogP contribution in [0, 0.1) is 0 Å². The Morgan fingerprint density at radius 1 is 0.889 bits per heavy atom. The number of allylic oxidation sites excluding steroid dienone is 2. The van der Waals surface area contributed by atoms with E-state index < -0.39 is 18.4 Å². The fraction of sp³-hybridized carbons (Fsp3) is 0.913. The van der Waals surface area contributed by atoms with Crippen LogP contribution in [-0.2, 0) is 0 Å². The molecular weight excluding hydrogens is 434 g/mol. The quantitative estimate of drug-likeness (QED) is 0.195. The number of hydrogen-bond donors (Lipinski definition) is 0. The maximum atomic E-state index is 2.86. The van der Waals surface area contributed by atoms with Crippen molar-refractivity contribution in [2.45, 2.75) is 102 Å². The van der Waals surface area contributed by atoms with Crippen LogP contribution in [0.3, 0.4) is 0 Å². The molecule has 158 valence electrons. The summed E-state index contributed by atoms with van der Waals surface area (Å²) in [4.78, 5) is 4.79. The molecule has 0 fully saturated rings. The number of nitrogens with zero attached hydrogens (tertiary/aromatic N) is 2. The van der Waals surface area contributed by atoms with Gasteiger partial charge in [-0.15, -0.1) is 0 Å². The molecule has 27 heavy (non-hydrogen) atoms. The average molecular weight is 483 g/mol. The van der Waals surface area contributed by atoms with Crippen molar-refractivity contribution >= 4 is 25.4 Å². The Labute approximate surface area is 176 Å². The Balaban J connectivity index is 3.06. The zero-order valence-electron chi connectivity index (χ0n) is 19.8. The summed E-state index contributed by atoms with van der Waals surface area (Å²) in [5.41, 5.74) is 1.78. The fourth-order valence-electron chi connectivity index (χ4n) is 5.23. The van der Waals surface area contributed by atoms with Gasteiger partial charge in [0.25, 0.3) is 0 Å². The molecule has 0 saturated heterocycles. The van der Waals surface area contributed by atoms with E-state index in [-0.39, 0.29) is 0 Å². The minimum absolute atomic E-state index is 0.543. The standard InChI is InChI=1S/C11H22BN2.3C4H9.Sn/c1-13(2)12(14(3)4)10-11-8-6-5-7-9-11;3*1-3-4-2;/h6,8H,5,7,9-10H2,1-4H3;3*1,3-4H2,2H3;. The van der Waals surface area contributed by atoms with E-state index >= 15 is 0 Å². The van der Waals surface area contributed by atoms with E-state index in [1.165, 1.54) is 64.1 Å². The second-order valence-electron chi connectivity index (χ2n) is 9.61. The molecule has 1 unspecified atom stereocenters. The van der Waals surface area contributed by atoms with E-state index in [0.717, 1.165) is 3.93 Å². The molecule has 0 spiro atoms. The van der Waals surface area contributed by atoms with Crippen LogP contribution in [-0.4, -0.2) is 63.2 Å². The van der Waals surface area contributed by atoms with Crippen LogP contribution < -0.4 is 0 Å². The molecule has 0 aromatic rings. The van der Waals surface area contributed by atoms with Crippen LogP contribution in [0.2, 0.25) is 23.6 Å². The van der Waals surface area contributed by atoms with E-state index in [4.69, 9.17) is 0 Å². The fourth-order valence-corrected chi connectivity index (χ4v) is 23.6. The SMILES string of the molecule is CCC[CH2][Sn]([CH2]CCC)([CH2]CCC)[CH]1C=C(CB(N(C)C)N(C)C)CCC1. The normalized spacial score (nSPS) is 18.3. The first-order valence-corrected chi connectivity index (χ1v) is 19.6. The van der Waals surface area contributed by atoms with Crippen molar-refractivity contribution in [3.63, 3.8) is 0 Å². The molecule has 4 heteroatoms. The molecule has 0 amide bonds. The van der Waals surface area contributed by atoms with Gasteiger partial charge in [-0.3, -0.25) is 0 Å². The summed E-state index contributed by atoms with van der Waals surface area (Å²) >= 11 is -2.12. The number of unbranched alkanes of at least 4 members (excludes halogenated alkanes) is 3. The second kappa shape index (κ2) is 13.7. The van der Waals surface area contributed by atoms with Crippen molar-refractivity contribution in [3.8, 4) is 0 Å². The first-order chi connectivity index (χ1) is 12.9. The van der Waals surface area contributed by atoms with Gasteiger partial charge in [-0.1, -0.05) is 0 Å². The van der Waals surface area contributed by atoms with Gasteiger partial charge in [0.2, 0.25) is 0 Å². The topological polar surface area (TPSA) is 6.48 Å². The molecule has 2 nitrogen and oxygen atoms in total. The molecule has 0 aromatic heterocycles. The van der Waals surface area contributed by atoms with Crippen LogP contribution in [0.15, 0.2) is 11.6 Å². The molecule has 0 bridgehead atoms. The molecule has 1 aliphatic carbocycles. The summed E-state index contributed by atoms with van der Waals surface area (Å²) in [6.07, 6.45) is 17.1. The molecular formula is C23H49BN2Sn. The Kier molecular flexibility index (Phi) is 13.0. The second-order valence-corrected chi connectivity index (χ2v) is 23.8. The summed E-state index contributed by atoms with van der Waals surface area (Å²) in [6, 6.07) is 0. The molecule has 0 aromatic carbocycles. The molecule has 0 heterocycles. The van der Waals surface area contributed by atoms with Crippen LogP contribution in [0.5, 0.6) is 0 Å². The zero-order valence-corrected chi connectivity index (χ0v) is 22.7. The van der Waals surface area contributed by atoms with Crippen LogP contribution in [0.1, 0.15) is 78.6 Å². The summed E-state index contributed by atoms with van der Waals surface area (Å²) in [7, 11) is 8.94. The molecule has 0 N–H and O–H groups in total. The van der Waals surface area contributed by atoms with Crippen molar-refractivity contribution in [3.05, 3.63) is 11.6 Å². The Hall–Kier alpha value is 0.524. The third-order valence-electron chi connectivity index (χ3n) is 6.96. The molecule has 0 radical (unpaired) electrons. The Morgan fingerprint density at radius 3 is 1.78 bits per heavy atom. The van der Waals surface area contributed by atoms with Gasteiger partial charge in [0.05, 0.1) is 0 Å². The van der Waals surface area contributed by atoms with Crippen LogP contribution in [0.4, 0.5) is 0 Å². The molecule has 1 rings (SSSR count). The summed E-state index contributed by atoms with van der Waals surface area (Å²) < 4.78 is 6.00. The first kappa shape index (κ1) is 25.6. The summed E-state index contributed by atoms with van der Waals surface area (Å²) in [5.74, 6) is 0. The molecule has 1 aliphatic rings. The maximum absolute atomic E-state index is 2.86. The molecule has 0 aliphatic heterocycles. The summed E-state index contributed by atoms with van der Waals surface area (Å²) in [6.45, 7) is 7.74. The Morgan fingerprint density at radius 2 is 1.37 bits per heavy atom. The van der Waals surface area contributed by atoms with Gasteiger partial charge in [-0.05, 0) is 0 Å². The van der Waals surface area contributed by atoms with Gasteiger partial charge >= 0.3 is 177 Å². The number of hydrogen-bond acceptors (Lipinski definition) is 2. The number of rotatable bonds is 14. The van der Waals surface area contributed by atoms with Crippen LogP contribution in [0.25, 0.3) is 0 Å². The van der Waals surface area contributed by atoms with Crippen molar-refractivity contribution in [1.29, 1.82) is 0 Å². The predicted molar refractivity (Wildman–Crippen MR) is 129 cm³/mol. The third-order valence-corrected chi connectivity index (χ3v) is 24.3. The van der Waals surface area contributed by atoms with Gasteiger partial charge in [-0.25, -0.2) is 0 Å². The van der Waals surface area contributed by atoms with Crippen molar-refractivity contribution < 1.29 is 0 Å². The molecule has 0 saturated carbocycles. The van der Waals surface area contributed by atoms with Gasteiger partial charge in [-0.2, -0.15) is 0 Å². The first-order valence-electron chi connectivity index (χ1n) is 11.9. The minimum atomic E-state index is -2.12. The van der Waals surface area contributed by atoms with Gasteiger partial charge in [0, 0.05) is 0 Å². The van der Waals surface area contributed by atoms with Gasteiger partial charge in [0.15, 0.2) is 0 Å². The zero-order chi connectivity index (χ0) is 20.3. The van der Waals surface area contributed by atoms with E-state index in [0.29, 0.717) is 6.98 Å². The molecule has 1 atom stereocenters. The Bertz CT molecular complexity index is 393. The third kappa shape index (κ3) is 8.42. The van der Waals surface area contributed by atoms with E-state index in [1.807, 2.05) is 0 Å².